The molecule has 0 radical (unpaired) electrons. The third-order valence-corrected chi connectivity index (χ3v) is 6.09. The minimum Gasteiger partial charge on any atom is -1.00 e. The molecule has 4 rings (SSSR count). The summed E-state index contributed by atoms with van der Waals surface area (Å²) in [4.78, 5) is 0. The molecule has 0 amide bonds. The van der Waals surface area contributed by atoms with E-state index in [9.17, 15) is 0 Å². The monoisotopic (exact) mass is 452 g/mol. The Morgan fingerprint density at radius 1 is 0.652 bits per heavy atom. The molecule has 4 aromatic rings. The van der Waals surface area contributed by atoms with Crippen molar-refractivity contribution >= 4 is 37.4 Å². The molecule has 0 aliphatic heterocycles. The van der Waals surface area contributed by atoms with E-state index >= 15 is 0 Å². The van der Waals surface area contributed by atoms with Gasteiger partial charge in [-0.05, 0) is 12.8 Å². The zero-order valence-electron chi connectivity index (χ0n) is 12.3. The van der Waals surface area contributed by atoms with Crippen molar-refractivity contribution in [3.8, 4) is 0 Å². The molecule has 2 heterocycles. The fraction of sp³-hybridized carbons (Fsp3) is 0.111. The molecule has 0 saturated carbocycles. The van der Waals surface area contributed by atoms with Crippen LogP contribution in [-0.2, 0) is 39.0 Å². The first kappa shape index (κ1) is 21.0. The van der Waals surface area contributed by atoms with Gasteiger partial charge < -0.3 is 24.8 Å². The van der Waals surface area contributed by atoms with E-state index in [0.717, 1.165) is 29.2 Å². The molecular weight excluding hydrogens is 440 g/mol. The summed E-state index contributed by atoms with van der Waals surface area (Å²) in [6.45, 7) is 0. The van der Waals surface area contributed by atoms with E-state index in [1.54, 1.807) is 0 Å². The van der Waals surface area contributed by atoms with Crippen molar-refractivity contribution in [3.63, 3.8) is 0 Å². The summed E-state index contributed by atoms with van der Waals surface area (Å²) in [6.07, 6.45) is 2.18. The van der Waals surface area contributed by atoms with Crippen molar-refractivity contribution in [2.75, 3.05) is 0 Å². The van der Waals surface area contributed by atoms with Crippen LogP contribution in [0.3, 0.4) is 0 Å². The first-order chi connectivity index (χ1) is 9.92. The van der Waals surface area contributed by atoms with Crippen LogP contribution in [-0.4, -0.2) is 0 Å². The zero-order valence-corrected chi connectivity index (χ0v) is 18.3. The normalized spacial score (nSPS) is 10.6. The minimum absolute atomic E-state index is 0. The third kappa shape index (κ3) is 4.34. The van der Waals surface area contributed by atoms with Gasteiger partial charge in [0.2, 0.25) is 0 Å². The van der Waals surface area contributed by atoms with Crippen molar-refractivity contribution in [2.24, 2.45) is 0 Å². The van der Waals surface area contributed by atoms with E-state index in [0.29, 0.717) is 0 Å². The van der Waals surface area contributed by atoms with E-state index in [1.165, 1.54) is 32.1 Å². The third-order valence-electron chi connectivity index (χ3n) is 3.83. The van der Waals surface area contributed by atoms with Gasteiger partial charge in [-0.2, -0.15) is 43.7 Å². The Morgan fingerprint density at radius 2 is 1.04 bits per heavy atom. The quantitative estimate of drug-likeness (QED) is 0.365. The smallest absolute Gasteiger partial charge is 1.00 e. The molecule has 5 heteroatoms. The summed E-state index contributed by atoms with van der Waals surface area (Å²) in [5.74, 6) is 7.15. The molecule has 2 aromatic carbocycles. The van der Waals surface area contributed by atoms with E-state index in [2.05, 4.69) is 60.1 Å². The summed E-state index contributed by atoms with van der Waals surface area (Å²) < 4.78 is 0. The SMILES string of the molecule is [Cl-].[Cl-].[Zr+4].[c-]1[pH]c2ccccc2c1CCc1[c-][pH]c2ccccc12. The summed E-state index contributed by atoms with van der Waals surface area (Å²) in [7, 11) is 1.46. The number of fused-ring (bicyclic) bond motifs is 2. The van der Waals surface area contributed by atoms with E-state index in [-0.39, 0.29) is 51.0 Å². The second-order valence-electron chi connectivity index (χ2n) is 5.05. The van der Waals surface area contributed by atoms with Gasteiger partial charge in [0.1, 0.15) is 0 Å². The van der Waals surface area contributed by atoms with Crippen LogP contribution in [0.1, 0.15) is 11.1 Å². The Kier molecular flexibility index (Phi) is 8.65. The van der Waals surface area contributed by atoms with Gasteiger partial charge in [-0.15, -0.1) is 24.3 Å². The molecule has 23 heavy (non-hydrogen) atoms. The van der Waals surface area contributed by atoms with Crippen LogP contribution < -0.4 is 24.8 Å². The van der Waals surface area contributed by atoms with Gasteiger partial charge in [0.15, 0.2) is 0 Å². The van der Waals surface area contributed by atoms with Crippen molar-refractivity contribution in [1.29, 1.82) is 0 Å². The van der Waals surface area contributed by atoms with Gasteiger partial charge in [0.05, 0.1) is 0 Å². The average Bonchev–Trinajstić information content (AvgIpc) is 3.09. The number of rotatable bonds is 3. The van der Waals surface area contributed by atoms with Crippen LogP contribution in [0.5, 0.6) is 0 Å². The van der Waals surface area contributed by atoms with Gasteiger partial charge in [-0.3, -0.25) is 16.4 Å². The van der Waals surface area contributed by atoms with Gasteiger partial charge >= 0.3 is 26.2 Å². The molecule has 114 valence electrons. The predicted molar refractivity (Wildman–Crippen MR) is 92.0 cm³/mol. The van der Waals surface area contributed by atoms with Crippen LogP contribution in [0.4, 0.5) is 0 Å². The summed E-state index contributed by atoms with van der Waals surface area (Å²) in [5, 5.41) is 5.74. The number of hydrogen-bond donors (Lipinski definition) is 0. The molecule has 0 aliphatic rings. The van der Waals surface area contributed by atoms with Crippen LogP contribution in [0.2, 0.25) is 0 Å². The Hall–Kier alpha value is -0.0169. The summed E-state index contributed by atoms with van der Waals surface area (Å²) in [6, 6.07) is 17.4. The van der Waals surface area contributed by atoms with Crippen molar-refractivity contribution in [2.45, 2.75) is 12.8 Å². The number of halogens is 2. The van der Waals surface area contributed by atoms with Crippen molar-refractivity contribution in [1.82, 2.24) is 0 Å². The second kappa shape index (κ2) is 9.46. The van der Waals surface area contributed by atoms with Crippen LogP contribution in [0.15, 0.2) is 48.5 Å². The summed E-state index contributed by atoms with van der Waals surface area (Å²) in [5.41, 5.74) is 2.81. The van der Waals surface area contributed by atoms with Crippen LogP contribution >= 0.6 is 16.4 Å². The molecule has 0 N–H and O–H groups in total. The molecule has 0 nitrogen and oxygen atoms in total. The Balaban J connectivity index is 0.000000882. The largest absolute Gasteiger partial charge is 4.00 e. The topological polar surface area (TPSA) is 0 Å². The zero-order chi connectivity index (χ0) is 13.4. The molecule has 0 fully saturated rings. The maximum absolute atomic E-state index is 3.58. The average molecular weight is 454 g/mol. The standard InChI is InChI=1S/C18H14P2.2ClH.Zr/c1-3-7-17-15(5-1)13(11-19-17)9-10-14-12-20-18-8-4-2-6-16(14)18;;;/h1-8,19-20H,9-10H2;2*1H;/q-2;;;+4/p-2. The minimum atomic E-state index is 0. The molecule has 0 bridgehead atoms. The molecule has 0 spiro atoms. The van der Waals surface area contributed by atoms with E-state index < -0.39 is 0 Å². The van der Waals surface area contributed by atoms with E-state index in [4.69, 9.17) is 0 Å². The van der Waals surface area contributed by atoms with Crippen molar-refractivity contribution in [3.05, 3.63) is 71.3 Å². The van der Waals surface area contributed by atoms with Gasteiger partial charge in [0.25, 0.3) is 0 Å². The van der Waals surface area contributed by atoms with Crippen LogP contribution in [0.25, 0.3) is 21.0 Å². The number of hydrogen-bond acceptors (Lipinski definition) is 0. The van der Waals surface area contributed by atoms with Crippen molar-refractivity contribution < 1.29 is 51.0 Å². The van der Waals surface area contributed by atoms with Gasteiger partial charge in [0, 0.05) is 0 Å². The Morgan fingerprint density at radius 3 is 1.48 bits per heavy atom. The first-order valence-corrected chi connectivity index (χ1v) is 8.86. The molecule has 0 saturated heterocycles. The predicted octanol–water partition coefficient (Wildman–Crippen LogP) is -0.553. The molecule has 2 atom stereocenters. The number of aryl methyl sites for hydroxylation is 2. The van der Waals surface area contributed by atoms with Gasteiger partial charge in [-0.25, -0.2) is 0 Å². The van der Waals surface area contributed by atoms with Crippen LogP contribution in [0, 0.1) is 11.6 Å². The maximum Gasteiger partial charge on any atom is 4.00 e. The molecule has 2 unspecified atom stereocenters. The number of benzene rings is 2. The fourth-order valence-electron chi connectivity index (χ4n) is 2.78. The fourth-order valence-corrected chi connectivity index (χ4v) is 4.96. The molecule has 0 aliphatic carbocycles. The Labute approximate surface area is 171 Å². The van der Waals surface area contributed by atoms with E-state index in [1.807, 2.05) is 0 Å². The van der Waals surface area contributed by atoms with Gasteiger partial charge in [-0.1, -0.05) is 24.3 Å². The molecule has 2 aromatic heterocycles. The Bertz CT molecular complexity index is 809. The molecular formula is C18H14Cl2P2Zr. The summed E-state index contributed by atoms with van der Waals surface area (Å²) >= 11 is 0. The maximum atomic E-state index is 3.58. The first-order valence-electron chi connectivity index (χ1n) is 6.86. The second-order valence-corrected chi connectivity index (χ2v) is 7.13.